The predicted octanol–water partition coefficient (Wildman–Crippen LogP) is 6.45. The first kappa shape index (κ1) is 33.2. The van der Waals surface area contributed by atoms with Gasteiger partial charge < -0.3 is 25.2 Å². The lowest BCUT2D eigenvalue weighted by atomic mass is 9.65. The number of nitrogens with one attached hydrogen (secondary N) is 2. The molecule has 1 aliphatic heterocycles. The molecule has 3 unspecified atom stereocenters. The Balaban J connectivity index is 0.000000566. The molecule has 0 aromatic heterocycles. The lowest BCUT2D eigenvalue weighted by molar-refractivity contribution is -0.192. The van der Waals surface area contributed by atoms with Gasteiger partial charge in [-0.3, -0.25) is 4.90 Å². The molecule has 0 spiro atoms. The summed E-state index contributed by atoms with van der Waals surface area (Å²) in [6, 6.07) is 10.6. The highest BCUT2D eigenvalue weighted by molar-refractivity contribution is 5.89. The van der Waals surface area contributed by atoms with Crippen molar-refractivity contribution in [2.45, 2.75) is 68.4 Å². The summed E-state index contributed by atoms with van der Waals surface area (Å²) in [7, 11) is 3.29. The molecule has 0 radical (unpaired) electrons. The summed E-state index contributed by atoms with van der Waals surface area (Å²) in [5, 5.41) is 12.9. The maximum atomic E-state index is 12.8. The molecule has 242 valence electrons. The van der Waals surface area contributed by atoms with E-state index in [0.717, 1.165) is 62.6 Å². The maximum absolute atomic E-state index is 12.8. The Morgan fingerprint density at radius 3 is 2.14 bits per heavy atom. The van der Waals surface area contributed by atoms with E-state index in [1.807, 2.05) is 6.07 Å². The first-order valence-corrected chi connectivity index (χ1v) is 14.2. The second kappa shape index (κ2) is 13.1. The van der Waals surface area contributed by atoms with Crippen LogP contribution in [0.15, 0.2) is 42.5 Å². The number of amides is 2. The molecule has 0 bridgehead atoms. The van der Waals surface area contributed by atoms with Crippen LogP contribution in [-0.2, 0) is 16.4 Å². The zero-order valence-electron chi connectivity index (χ0n) is 24.2. The minimum Gasteiger partial charge on any atom is -0.493 e. The van der Waals surface area contributed by atoms with E-state index >= 15 is 0 Å². The fraction of sp³-hybridized carbons (Fsp3) is 0.533. The van der Waals surface area contributed by atoms with Gasteiger partial charge in [0.25, 0.3) is 0 Å². The summed E-state index contributed by atoms with van der Waals surface area (Å²) in [5.74, 6) is -0.558. The number of methoxy groups -OCH3 is 2. The van der Waals surface area contributed by atoms with Gasteiger partial charge in [0.05, 0.1) is 19.8 Å². The van der Waals surface area contributed by atoms with Crippen molar-refractivity contribution < 1.29 is 50.5 Å². The molecule has 3 atom stereocenters. The van der Waals surface area contributed by atoms with E-state index in [0.29, 0.717) is 11.4 Å². The van der Waals surface area contributed by atoms with Crippen LogP contribution in [0.25, 0.3) is 0 Å². The van der Waals surface area contributed by atoms with Crippen LogP contribution in [0.3, 0.4) is 0 Å². The fourth-order valence-corrected chi connectivity index (χ4v) is 6.20. The molecule has 2 aromatic rings. The molecule has 1 saturated heterocycles. The second-order valence-electron chi connectivity index (χ2n) is 11.4. The van der Waals surface area contributed by atoms with Crippen LogP contribution in [0.1, 0.15) is 49.7 Å². The van der Waals surface area contributed by atoms with Crippen LogP contribution in [0.4, 0.5) is 36.8 Å². The normalized spacial score (nSPS) is 23.5. The number of hydrogen-bond acceptors (Lipinski definition) is 5. The Bertz CT molecular complexity index is 1320. The van der Waals surface area contributed by atoms with E-state index in [1.54, 1.807) is 14.2 Å². The van der Waals surface area contributed by atoms with Crippen molar-refractivity contribution in [2.75, 3.05) is 32.6 Å². The van der Waals surface area contributed by atoms with Crippen LogP contribution in [0, 0.1) is 5.92 Å². The molecular formula is C30H35F6N3O5. The number of carbonyl (C=O) groups excluding carboxylic acids is 1. The molecule has 3 N–H and O–H groups in total. The first-order valence-electron chi connectivity index (χ1n) is 14.2. The number of aliphatic carboxylic acids is 1. The van der Waals surface area contributed by atoms with E-state index in [4.69, 9.17) is 19.4 Å². The molecule has 5 rings (SSSR count). The van der Waals surface area contributed by atoms with Gasteiger partial charge in [-0.05, 0) is 92.9 Å². The number of hydrogen-bond donors (Lipinski definition) is 3. The molecule has 14 heteroatoms. The number of nitrogens with zero attached hydrogens (tertiary/aromatic N) is 1. The number of carboxylic acids is 1. The highest BCUT2D eigenvalue weighted by Gasteiger charge is 2.52. The van der Waals surface area contributed by atoms with Gasteiger partial charge in [0.2, 0.25) is 0 Å². The third-order valence-corrected chi connectivity index (χ3v) is 8.57. The third-order valence-electron chi connectivity index (χ3n) is 8.57. The molecule has 3 fully saturated rings. The lowest BCUT2D eigenvalue weighted by Crippen LogP contribution is -2.53. The van der Waals surface area contributed by atoms with Crippen molar-refractivity contribution in [1.29, 1.82) is 0 Å². The molecule has 1 heterocycles. The minimum absolute atomic E-state index is 0.0173. The van der Waals surface area contributed by atoms with Crippen molar-refractivity contribution in [3.05, 3.63) is 53.6 Å². The SMILES string of the molecule is COc1ccc(C23CCC(NC(=O)Nc4ccc(C(F)(F)F)cc4)CC2N(CC2CC2)CC3)cc1OC.O=C(O)C(F)(F)F. The molecule has 2 amide bonds. The number of anilines is 1. The number of carboxylic acid groups (broad SMARTS) is 1. The number of ether oxygens (including phenoxy) is 2. The van der Waals surface area contributed by atoms with Gasteiger partial charge in [0.1, 0.15) is 0 Å². The minimum atomic E-state index is -5.08. The van der Waals surface area contributed by atoms with E-state index in [-0.39, 0.29) is 17.5 Å². The Morgan fingerprint density at radius 2 is 1.59 bits per heavy atom. The van der Waals surface area contributed by atoms with Gasteiger partial charge in [-0.15, -0.1) is 0 Å². The predicted molar refractivity (Wildman–Crippen MR) is 149 cm³/mol. The van der Waals surface area contributed by atoms with E-state index < -0.39 is 29.9 Å². The molecule has 3 aliphatic rings. The molecule has 44 heavy (non-hydrogen) atoms. The monoisotopic (exact) mass is 631 g/mol. The van der Waals surface area contributed by atoms with Crippen molar-refractivity contribution in [2.24, 2.45) is 5.92 Å². The number of rotatable bonds is 7. The van der Waals surface area contributed by atoms with Gasteiger partial charge >= 0.3 is 24.4 Å². The average Bonchev–Trinajstić information content (AvgIpc) is 3.72. The standard InChI is InChI=1S/C28H34F3N3O3.C2HF3O2/c1-36-23-10-7-20(15-24(23)37-2)27-12-11-22(16-25(27)34(14-13-27)17-18-3-4-18)33-26(35)32-21-8-5-19(6-9-21)28(29,30)31;3-2(4,5)1(6)7/h5-10,15,18,22,25H,3-4,11-14,16-17H2,1-2H3,(H2,32,33,35);(H,6,7). The largest absolute Gasteiger partial charge is 0.493 e. The number of fused-ring (bicyclic) bond motifs is 1. The number of urea groups is 1. The van der Waals surface area contributed by atoms with Gasteiger partial charge in [0.15, 0.2) is 11.5 Å². The maximum Gasteiger partial charge on any atom is 0.490 e. The van der Waals surface area contributed by atoms with Crippen molar-refractivity contribution in [1.82, 2.24) is 10.2 Å². The highest BCUT2D eigenvalue weighted by Crippen LogP contribution is 2.51. The Hall–Kier alpha value is -3.68. The zero-order chi connectivity index (χ0) is 32.3. The average molecular weight is 632 g/mol. The summed E-state index contributed by atoms with van der Waals surface area (Å²) in [6.45, 7) is 2.12. The summed E-state index contributed by atoms with van der Waals surface area (Å²) >= 11 is 0. The number of likely N-dealkylation sites (tertiary alicyclic amines) is 1. The topological polar surface area (TPSA) is 100 Å². The van der Waals surface area contributed by atoms with Crippen molar-refractivity contribution in [3.63, 3.8) is 0 Å². The summed E-state index contributed by atoms with van der Waals surface area (Å²) in [5.41, 5.74) is 0.823. The van der Waals surface area contributed by atoms with Crippen molar-refractivity contribution >= 4 is 17.7 Å². The highest BCUT2D eigenvalue weighted by atomic mass is 19.4. The number of benzene rings is 2. The quantitative estimate of drug-likeness (QED) is 0.304. The van der Waals surface area contributed by atoms with Gasteiger partial charge in [-0.1, -0.05) is 6.07 Å². The van der Waals surface area contributed by atoms with Crippen molar-refractivity contribution in [3.8, 4) is 11.5 Å². The van der Waals surface area contributed by atoms with Crippen LogP contribution in [0.5, 0.6) is 11.5 Å². The molecule has 8 nitrogen and oxygen atoms in total. The molecule has 2 aliphatic carbocycles. The molecule has 2 saturated carbocycles. The molecule has 2 aromatic carbocycles. The lowest BCUT2D eigenvalue weighted by Gasteiger charge is -2.45. The van der Waals surface area contributed by atoms with Crippen LogP contribution in [-0.4, -0.2) is 67.6 Å². The smallest absolute Gasteiger partial charge is 0.490 e. The molecular weight excluding hydrogens is 596 g/mol. The van der Waals surface area contributed by atoms with Crippen LogP contribution >= 0.6 is 0 Å². The first-order chi connectivity index (χ1) is 20.7. The Labute approximate surface area is 250 Å². The Kier molecular flexibility index (Phi) is 9.91. The number of alkyl halides is 6. The third kappa shape index (κ3) is 7.88. The van der Waals surface area contributed by atoms with Gasteiger partial charge in [-0.2, -0.15) is 26.3 Å². The summed E-state index contributed by atoms with van der Waals surface area (Å²) in [6.07, 6.45) is -3.29. The van der Waals surface area contributed by atoms with Gasteiger partial charge in [0, 0.05) is 29.7 Å². The number of halogens is 6. The second-order valence-corrected chi connectivity index (χ2v) is 11.4. The zero-order valence-corrected chi connectivity index (χ0v) is 24.2. The van der Waals surface area contributed by atoms with E-state index in [9.17, 15) is 31.1 Å². The van der Waals surface area contributed by atoms with Crippen LogP contribution < -0.4 is 20.1 Å². The fourth-order valence-electron chi connectivity index (χ4n) is 6.20. The number of carbonyl (C=O) groups is 2. The Morgan fingerprint density at radius 1 is 0.955 bits per heavy atom. The summed E-state index contributed by atoms with van der Waals surface area (Å²) < 4.78 is 81.3. The van der Waals surface area contributed by atoms with Crippen LogP contribution in [0.2, 0.25) is 0 Å². The van der Waals surface area contributed by atoms with E-state index in [1.165, 1.54) is 30.5 Å². The van der Waals surface area contributed by atoms with E-state index in [2.05, 4.69) is 27.7 Å². The summed E-state index contributed by atoms with van der Waals surface area (Å²) in [4.78, 5) is 24.2. The van der Waals surface area contributed by atoms with Gasteiger partial charge in [-0.25, -0.2) is 9.59 Å².